The van der Waals surface area contributed by atoms with Crippen LogP contribution in [-0.4, -0.2) is 74.8 Å². The van der Waals surface area contributed by atoms with Gasteiger partial charge < -0.3 is 40.4 Å². The van der Waals surface area contributed by atoms with Gasteiger partial charge in [0, 0.05) is 28.9 Å². The number of fused-ring (bicyclic) bond motifs is 4. The number of hydroxylamine groups is 1. The molecule has 6 aromatic carbocycles. The predicted octanol–water partition coefficient (Wildman–Crippen LogP) is 14.3. The highest BCUT2D eigenvalue weighted by Crippen LogP contribution is 2.60. The molecule has 7 N–H and O–H groups in total. The van der Waals surface area contributed by atoms with E-state index in [-0.39, 0.29) is 71.6 Å². The number of aliphatic carboxylic acids is 1. The van der Waals surface area contributed by atoms with Crippen molar-refractivity contribution in [1.82, 2.24) is 5.48 Å². The highest BCUT2D eigenvalue weighted by molar-refractivity contribution is 6.05. The molecule has 10 rings (SSSR count). The number of rotatable bonds is 20. The summed E-state index contributed by atoms with van der Waals surface area (Å²) in [6.45, 7) is 0.318. The number of allylic oxidation sites excluding steroid dienone is 3. The lowest BCUT2D eigenvalue weighted by atomic mass is 9.70. The zero-order valence-electron chi connectivity index (χ0n) is 45.8. The Morgan fingerprint density at radius 2 is 1.10 bits per heavy atom. The molecule has 0 aromatic heterocycles. The Morgan fingerprint density at radius 3 is 1.70 bits per heavy atom. The lowest BCUT2D eigenvalue weighted by Crippen LogP contribution is -2.55. The molecule has 0 aliphatic heterocycles. The van der Waals surface area contributed by atoms with E-state index in [1.807, 2.05) is 17.6 Å². The molecule has 88 heavy (non-hydrogen) atoms. The molecule has 0 heterocycles. The molecule has 6 aromatic rings. The van der Waals surface area contributed by atoms with Crippen LogP contribution < -0.4 is 15.5 Å². The first-order chi connectivity index (χ1) is 41.5. The number of hydrogen-bond acceptors (Lipinski definition) is 10. The average molecular weight is 1240 g/mol. The van der Waals surface area contributed by atoms with Crippen LogP contribution in [0.25, 0.3) is 0 Å². The van der Waals surface area contributed by atoms with Crippen molar-refractivity contribution in [3.8, 4) is 28.7 Å². The summed E-state index contributed by atoms with van der Waals surface area (Å²) in [5, 5.41) is 54.9. The smallest absolute Gasteiger partial charge is 0.411 e. The molecule has 1 amide bonds. The number of carbonyl (C=O) groups excluding carboxylic acids is 2. The van der Waals surface area contributed by atoms with E-state index in [0.717, 1.165) is 12.1 Å². The predicted molar refractivity (Wildman–Crippen MR) is 291 cm³/mol. The quantitative estimate of drug-likeness (QED) is 0.0126. The molecule has 2 fully saturated rings. The van der Waals surface area contributed by atoms with Crippen LogP contribution in [0.3, 0.4) is 0 Å². The van der Waals surface area contributed by atoms with Crippen LogP contribution in [0.4, 0.5) is 58.4 Å². The third-order valence-corrected chi connectivity index (χ3v) is 17.9. The Balaban J connectivity index is 0.825. The molecular weight excluding hydrogens is 1180 g/mol. The first-order valence-electron chi connectivity index (χ1n) is 27.6. The highest BCUT2D eigenvalue weighted by atomic mass is 19.4. The summed E-state index contributed by atoms with van der Waals surface area (Å²) in [5.74, 6) is -7.98. The Hall–Kier alpha value is -8.51. The van der Waals surface area contributed by atoms with E-state index in [2.05, 4.69) is 5.32 Å². The number of aromatic hydroxyl groups is 3. The summed E-state index contributed by atoms with van der Waals surface area (Å²) < 4.78 is 196. The van der Waals surface area contributed by atoms with Crippen molar-refractivity contribution in [3.05, 3.63) is 202 Å². The highest BCUT2D eigenvalue weighted by Gasteiger charge is 2.74. The fourth-order valence-corrected chi connectivity index (χ4v) is 13.7. The minimum Gasteiger partial charge on any atom is -0.508 e. The van der Waals surface area contributed by atoms with Gasteiger partial charge in [-0.25, -0.2) is 0 Å². The molecule has 9 atom stereocenters. The summed E-state index contributed by atoms with van der Waals surface area (Å²) >= 11 is 0. The zero-order valence-corrected chi connectivity index (χ0v) is 45.8. The molecule has 0 saturated heterocycles. The summed E-state index contributed by atoms with van der Waals surface area (Å²) in [4.78, 5) is 37.0. The van der Waals surface area contributed by atoms with E-state index >= 15 is 52.7 Å². The third-order valence-electron chi connectivity index (χ3n) is 17.9. The fraction of sp³-hybridized carbons (Fsp3) is 0.328. The van der Waals surface area contributed by atoms with Crippen molar-refractivity contribution in [2.24, 2.45) is 41.4 Å². The van der Waals surface area contributed by atoms with Crippen LogP contribution >= 0.6 is 0 Å². The van der Waals surface area contributed by atoms with Gasteiger partial charge in [0.2, 0.25) is 10.8 Å². The maximum Gasteiger partial charge on any atom is 0.411 e. The Labute approximate surface area is 493 Å². The van der Waals surface area contributed by atoms with Crippen molar-refractivity contribution in [2.75, 3.05) is 5.32 Å². The molecule has 4 bridgehead atoms. The van der Waals surface area contributed by atoms with E-state index in [9.17, 15) is 40.0 Å². The minimum absolute atomic E-state index is 0.0239. The van der Waals surface area contributed by atoms with E-state index in [1.54, 1.807) is 12.2 Å². The zero-order chi connectivity index (χ0) is 63.5. The Kier molecular flexibility index (Phi) is 16.7. The fourth-order valence-electron chi connectivity index (χ4n) is 13.7. The normalized spacial score (nSPS) is 22.0. The van der Waals surface area contributed by atoms with Crippen LogP contribution in [-0.2, 0) is 44.4 Å². The Bertz CT molecular complexity index is 3630. The number of carboxylic acids is 1. The van der Waals surface area contributed by atoms with Gasteiger partial charge in [0.1, 0.15) is 34.9 Å². The van der Waals surface area contributed by atoms with Crippen molar-refractivity contribution in [1.29, 1.82) is 0 Å². The topological polar surface area (TPSA) is 195 Å². The van der Waals surface area contributed by atoms with Crippen LogP contribution in [0.1, 0.15) is 80.2 Å². The molecule has 2 saturated carbocycles. The van der Waals surface area contributed by atoms with Crippen LogP contribution in [0.5, 0.6) is 28.7 Å². The second kappa shape index (κ2) is 23.5. The van der Waals surface area contributed by atoms with Crippen LogP contribution in [0.15, 0.2) is 152 Å². The van der Waals surface area contributed by atoms with Gasteiger partial charge >= 0.3 is 30.7 Å². The lowest BCUT2D eigenvalue weighted by Gasteiger charge is -2.39. The molecule has 9 unspecified atom stereocenters. The molecule has 24 heteroatoms. The first-order valence-corrected chi connectivity index (χ1v) is 27.6. The minimum atomic E-state index is -6.13. The maximum atomic E-state index is 15.5. The average Bonchev–Trinajstić information content (AvgIpc) is 0.970. The van der Waals surface area contributed by atoms with Crippen molar-refractivity contribution < 1.29 is 102 Å². The molecule has 12 nitrogen and oxygen atoms in total. The summed E-state index contributed by atoms with van der Waals surface area (Å²) in [5.41, 5.74) is -14.2. The number of carbonyl (C=O) groups is 3. The molecule has 464 valence electrons. The van der Waals surface area contributed by atoms with Gasteiger partial charge in [-0.3, -0.25) is 14.4 Å². The lowest BCUT2D eigenvalue weighted by molar-refractivity contribution is -0.290. The number of phenolic OH excluding ortho intramolecular Hbond substituents is 3. The SMILES string of the molecule is O=COC1C2C=CC(C2)C1CCc1cccc(C(c2ccc(O)c(NC(=O)c3ccc(Oc4ccc(CCc5cc(C(c6ccc(O)c(C(NO)C7C8C=CC(C8)C7C(=O)O)c6)(C(F)(F)F)C(F)(F)F)ccc5O)cc4)cc3)c2)(C(F)(F)F)C(F)(F)F)c1. The van der Waals surface area contributed by atoms with Gasteiger partial charge in [-0.15, -0.1) is 0 Å². The van der Waals surface area contributed by atoms with Gasteiger partial charge in [-0.05, 0) is 162 Å². The van der Waals surface area contributed by atoms with E-state index in [4.69, 9.17) is 9.47 Å². The number of alkyl halides is 12. The van der Waals surface area contributed by atoms with Crippen LogP contribution in [0.2, 0.25) is 0 Å². The first kappa shape index (κ1) is 62.5. The van der Waals surface area contributed by atoms with Gasteiger partial charge in [0.05, 0.1) is 17.6 Å². The number of anilines is 1. The number of nitrogens with one attached hydrogen (secondary N) is 2. The number of ether oxygens (including phenoxy) is 2. The number of amides is 1. The molecule has 0 radical (unpaired) electrons. The molecule has 0 spiro atoms. The monoisotopic (exact) mass is 1240 g/mol. The summed E-state index contributed by atoms with van der Waals surface area (Å²) in [6, 6.07) is 18.0. The molecule has 4 aliphatic carbocycles. The maximum absolute atomic E-state index is 15.5. The van der Waals surface area contributed by atoms with Gasteiger partial charge in [0.15, 0.2) is 0 Å². The second-order valence-electron chi connectivity index (χ2n) is 22.6. The van der Waals surface area contributed by atoms with Crippen molar-refractivity contribution in [3.63, 3.8) is 0 Å². The van der Waals surface area contributed by atoms with Crippen molar-refractivity contribution >= 4 is 24.0 Å². The number of halogens is 12. The van der Waals surface area contributed by atoms with Gasteiger partial charge in [0.25, 0.3) is 12.4 Å². The van der Waals surface area contributed by atoms with E-state index < -0.39 is 134 Å². The van der Waals surface area contributed by atoms with E-state index in [1.165, 1.54) is 54.6 Å². The number of aryl methyl sites for hydroxylation is 3. The third kappa shape index (κ3) is 11.2. The Morgan fingerprint density at radius 1 is 0.568 bits per heavy atom. The standard InChI is InChI=1S/C64H54F12N2O10/c65-61(66,67)59(62(68,69)70,41-3-1-2-34(26-41)7-22-47-36-9-12-40(27-36)56(47)87-32-79)44-17-25-52(82)49(31-44)77-57(83)35-13-20-46(21-14-35)88-45-18-5-33(6-19-45)4-8-37-29-42(15-23-50(37)80)60(63(71,72)73,64(74,75)76)43-16-24-51(81)48(30-43)55(78-86)53-38-10-11-39(28-38)54(53)58(84)85/h1-3,5-6,9-21,23-26,29-32,36,38-40,47,53-56,78,80-82,86H,4,7-8,22,27-28H2,(H,77,83)(H,84,85). The van der Waals surface area contributed by atoms with Crippen molar-refractivity contribution in [2.45, 2.75) is 86.2 Å². The number of hydrogen-bond donors (Lipinski definition) is 7. The molecule has 4 aliphatic rings. The summed E-state index contributed by atoms with van der Waals surface area (Å²) in [7, 11) is 0. The molecular formula is C64H54F12N2O10. The largest absolute Gasteiger partial charge is 0.508 e. The summed E-state index contributed by atoms with van der Waals surface area (Å²) in [6.07, 6.45) is -16.6. The van der Waals surface area contributed by atoms with Gasteiger partial charge in [-0.1, -0.05) is 85.0 Å². The number of phenols is 3. The van der Waals surface area contributed by atoms with Gasteiger partial charge in [-0.2, -0.15) is 58.2 Å². The second-order valence-corrected chi connectivity index (χ2v) is 22.6. The van der Waals surface area contributed by atoms with E-state index in [0.29, 0.717) is 85.5 Å². The number of benzene rings is 6. The number of carboxylic acid groups (broad SMARTS) is 1. The van der Waals surface area contributed by atoms with Crippen LogP contribution in [0, 0.1) is 41.4 Å².